The van der Waals surface area contributed by atoms with Crippen LogP contribution >= 0.6 is 11.6 Å². The highest BCUT2D eigenvalue weighted by molar-refractivity contribution is 7.95. The second-order valence-corrected chi connectivity index (χ2v) is 12.4. The summed E-state index contributed by atoms with van der Waals surface area (Å²) in [5.74, 6) is 0.911. The Balaban J connectivity index is 1.92. The maximum absolute atomic E-state index is 12.7. The normalized spacial score (nSPS) is 17.6. The van der Waals surface area contributed by atoms with Gasteiger partial charge in [-0.2, -0.15) is 0 Å². The van der Waals surface area contributed by atoms with Gasteiger partial charge >= 0.3 is 0 Å². The molecule has 0 bridgehead atoms. The highest BCUT2D eigenvalue weighted by atomic mass is 35.5. The maximum atomic E-state index is 12.7. The molecule has 0 atom stereocenters. The number of hydrogen-bond donors (Lipinski definition) is 4. The summed E-state index contributed by atoms with van der Waals surface area (Å²) in [4.78, 5) is 12.2. The number of ether oxygens (including phenoxy) is 1. The van der Waals surface area contributed by atoms with Crippen LogP contribution in [0.1, 0.15) is 44.2 Å². The molecule has 0 saturated heterocycles. The zero-order valence-electron chi connectivity index (χ0n) is 22.9. The van der Waals surface area contributed by atoms with Crippen LogP contribution in [-0.4, -0.2) is 65.3 Å². The van der Waals surface area contributed by atoms with Crippen molar-refractivity contribution in [2.75, 3.05) is 32.1 Å². The fourth-order valence-corrected chi connectivity index (χ4v) is 4.94. The number of amidine groups is 1. The molecule has 1 aliphatic heterocycles. The van der Waals surface area contributed by atoms with E-state index in [2.05, 4.69) is 62.8 Å². The summed E-state index contributed by atoms with van der Waals surface area (Å²) in [6.07, 6.45) is 8.07. The molecule has 39 heavy (non-hydrogen) atoms. The van der Waals surface area contributed by atoms with Crippen molar-refractivity contribution in [2.24, 2.45) is 20.7 Å². The lowest BCUT2D eigenvalue weighted by molar-refractivity contribution is 0.304. The van der Waals surface area contributed by atoms with Crippen molar-refractivity contribution in [3.63, 3.8) is 0 Å². The monoisotopic (exact) mass is 575 g/mol. The van der Waals surface area contributed by atoms with E-state index in [1.165, 1.54) is 30.6 Å². The molecule has 0 spiro atoms. The molecular weight excluding hydrogens is 538 g/mol. The van der Waals surface area contributed by atoms with Gasteiger partial charge in [0.2, 0.25) is 0 Å². The van der Waals surface area contributed by atoms with Crippen molar-refractivity contribution in [3.8, 4) is 5.75 Å². The summed E-state index contributed by atoms with van der Waals surface area (Å²) in [5.41, 5.74) is 10.5. The first kappa shape index (κ1) is 30.4. The van der Waals surface area contributed by atoms with Crippen molar-refractivity contribution < 1.29 is 13.2 Å². The number of allylic oxidation sites excluding steroid dienone is 1. The van der Waals surface area contributed by atoms with Crippen LogP contribution < -0.4 is 26.4 Å². The second-order valence-electron chi connectivity index (χ2n) is 9.55. The lowest BCUT2D eigenvalue weighted by Gasteiger charge is -2.20. The number of rotatable bonds is 12. The third-order valence-corrected chi connectivity index (χ3v) is 8.55. The van der Waals surface area contributed by atoms with Crippen LogP contribution in [0.4, 0.5) is 5.69 Å². The van der Waals surface area contributed by atoms with E-state index in [4.69, 9.17) is 22.1 Å². The molecule has 1 aromatic rings. The van der Waals surface area contributed by atoms with Gasteiger partial charge in [0.25, 0.3) is 0 Å². The van der Waals surface area contributed by atoms with Crippen LogP contribution in [0, 0.1) is 6.92 Å². The summed E-state index contributed by atoms with van der Waals surface area (Å²) >= 11 is 6.41. The molecular formula is C27H38ClN7O3S. The molecule has 12 heteroatoms. The van der Waals surface area contributed by atoms with Crippen LogP contribution in [0.15, 0.2) is 55.1 Å². The predicted octanol–water partition coefficient (Wildman–Crippen LogP) is 3.70. The maximum Gasteiger partial charge on any atom is 0.197 e. The van der Waals surface area contributed by atoms with Gasteiger partial charge < -0.3 is 26.4 Å². The SMILES string of the molecule is C=N/C=C(/Cl)C(=NCNc1cc(C)c(C2=CCNCC2)cc1OC1CC1)NC(C=NC)=C(N)S(=O)(=O)C(C)C. The third kappa shape index (κ3) is 8.17. The van der Waals surface area contributed by atoms with Gasteiger partial charge in [-0.3, -0.25) is 9.98 Å². The number of anilines is 1. The minimum atomic E-state index is -3.77. The molecule has 2 aliphatic rings. The topological polar surface area (TPSA) is 143 Å². The van der Waals surface area contributed by atoms with E-state index in [0.717, 1.165) is 49.4 Å². The van der Waals surface area contributed by atoms with E-state index in [1.54, 1.807) is 13.8 Å². The lowest BCUT2D eigenvalue weighted by Crippen LogP contribution is -2.32. The average Bonchev–Trinajstić information content (AvgIpc) is 3.73. The third-order valence-electron chi connectivity index (χ3n) is 6.20. The minimum absolute atomic E-state index is 0.0498. The van der Waals surface area contributed by atoms with Crippen LogP contribution in [0.3, 0.4) is 0 Å². The van der Waals surface area contributed by atoms with Crippen molar-refractivity contribution in [1.29, 1.82) is 0 Å². The van der Waals surface area contributed by atoms with Gasteiger partial charge in [0.15, 0.2) is 14.9 Å². The van der Waals surface area contributed by atoms with Crippen LogP contribution in [-0.2, 0) is 9.84 Å². The molecule has 3 rings (SSSR count). The van der Waals surface area contributed by atoms with E-state index in [1.807, 2.05) is 0 Å². The Morgan fingerprint density at radius 1 is 1.36 bits per heavy atom. The Labute approximate surface area is 236 Å². The van der Waals surface area contributed by atoms with Gasteiger partial charge in [-0.25, -0.2) is 13.4 Å². The average molecular weight is 576 g/mol. The van der Waals surface area contributed by atoms with Gasteiger partial charge in [0.05, 0.1) is 22.7 Å². The zero-order valence-corrected chi connectivity index (χ0v) is 24.5. The summed E-state index contributed by atoms with van der Waals surface area (Å²) < 4.78 is 31.6. The number of nitrogens with one attached hydrogen (secondary N) is 3. The highest BCUT2D eigenvalue weighted by Crippen LogP contribution is 2.37. The lowest BCUT2D eigenvalue weighted by atomic mass is 9.95. The molecule has 0 radical (unpaired) electrons. The second kappa shape index (κ2) is 13.8. The Kier molecular flexibility index (Phi) is 10.7. The molecule has 1 fully saturated rings. The number of halogens is 1. The van der Waals surface area contributed by atoms with E-state index in [0.29, 0.717) is 0 Å². The van der Waals surface area contributed by atoms with E-state index in [-0.39, 0.29) is 34.4 Å². The number of aliphatic imine (C=N–C) groups is 3. The van der Waals surface area contributed by atoms with Crippen LogP contribution in [0.2, 0.25) is 0 Å². The molecule has 10 nitrogen and oxygen atoms in total. The molecule has 0 amide bonds. The van der Waals surface area contributed by atoms with Crippen molar-refractivity contribution >= 4 is 51.5 Å². The van der Waals surface area contributed by atoms with Gasteiger partial charge in [0.1, 0.15) is 23.3 Å². The van der Waals surface area contributed by atoms with E-state index < -0.39 is 15.1 Å². The van der Waals surface area contributed by atoms with E-state index >= 15 is 0 Å². The smallest absolute Gasteiger partial charge is 0.197 e. The van der Waals surface area contributed by atoms with Crippen molar-refractivity contribution in [2.45, 2.75) is 51.4 Å². The fraction of sp³-hybridized carbons (Fsp3) is 0.444. The first-order chi connectivity index (χ1) is 18.6. The molecule has 1 saturated carbocycles. The summed E-state index contributed by atoms with van der Waals surface area (Å²) in [7, 11) is -2.26. The molecule has 1 aliphatic carbocycles. The van der Waals surface area contributed by atoms with Gasteiger partial charge in [-0.15, -0.1) is 0 Å². The summed E-state index contributed by atoms with van der Waals surface area (Å²) in [6, 6.07) is 4.16. The molecule has 0 aromatic heterocycles. The Hall–Kier alpha value is -3.15. The van der Waals surface area contributed by atoms with Gasteiger partial charge in [-0.1, -0.05) is 17.7 Å². The molecule has 5 N–H and O–H groups in total. The minimum Gasteiger partial charge on any atom is -0.488 e. The highest BCUT2D eigenvalue weighted by Gasteiger charge is 2.26. The summed E-state index contributed by atoms with van der Waals surface area (Å²) in [5, 5.41) is 8.60. The predicted molar refractivity (Wildman–Crippen MR) is 163 cm³/mol. The fourth-order valence-electron chi connectivity index (χ4n) is 3.84. The number of sulfone groups is 1. The zero-order chi connectivity index (χ0) is 28.6. The Bertz CT molecular complexity index is 1330. The molecule has 1 heterocycles. The number of hydrogen-bond acceptors (Lipinski definition) is 9. The quantitative estimate of drug-likeness (QED) is 0.220. The number of nitrogens with zero attached hydrogens (tertiary/aromatic N) is 3. The number of nitrogens with two attached hydrogens (primary N) is 1. The summed E-state index contributed by atoms with van der Waals surface area (Å²) in [6.45, 7) is 10.5. The van der Waals surface area contributed by atoms with Gasteiger partial charge in [0, 0.05) is 26.0 Å². The standard InChI is InChI=1S/C27H38ClN7O3S/c1-17(2)39(36,37)26(29)24(15-31-5)35-27(22(28)14-30-4)34-16-33-23-12-18(3)21(19-8-10-32-11-9-19)13-25(23)38-20-6-7-20/h8,12-15,17,20,32-33H,4,6-7,9-11,16,29H2,1-3,5H3,(H,34,35)/b22-14+,26-24?,31-15?. The Morgan fingerprint density at radius 3 is 2.69 bits per heavy atom. The van der Waals surface area contributed by atoms with Crippen LogP contribution in [0.25, 0.3) is 5.57 Å². The van der Waals surface area contributed by atoms with Crippen molar-refractivity contribution in [3.05, 3.63) is 51.3 Å². The number of aryl methyl sites for hydroxylation is 1. The molecule has 212 valence electrons. The first-order valence-electron chi connectivity index (χ1n) is 12.8. The number of benzene rings is 1. The molecule has 1 aromatic carbocycles. The van der Waals surface area contributed by atoms with Crippen molar-refractivity contribution in [1.82, 2.24) is 10.6 Å². The van der Waals surface area contributed by atoms with Gasteiger partial charge in [-0.05, 0) is 82.1 Å². The largest absolute Gasteiger partial charge is 0.488 e. The first-order valence-corrected chi connectivity index (χ1v) is 14.7. The van der Waals surface area contributed by atoms with E-state index in [9.17, 15) is 8.42 Å². The molecule has 0 unspecified atom stereocenters. The Morgan fingerprint density at radius 2 is 2.10 bits per heavy atom. The van der Waals surface area contributed by atoms with Crippen LogP contribution in [0.5, 0.6) is 5.75 Å².